The van der Waals surface area contributed by atoms with Gasteiger partial charge < -0.3 is 19.5 Å². The van der Waals surface area contributed by atoms with Gasteiger partial charge in [-0.3, -0.25) is 0 Å². The van der Waals surface area contributed by atoms with E-state index in [4.69, 9.17) is 14.2 Å². The molecule has 0 radical (unpaired) electrons. The minimum Gasteiger partial charge on any atom is -0.496 e. The topological polar surface area (TPSA) is 73.9 Å². The molecule has 26 heavy (non-hydrogen) atoms. The molecule has 0 aromatic heterocycles. The van der Waals surface area contributed by atoms with Crippen molar-refractivity contribution in [2.75, 3.05) is 14.2 Å². The maximum Gasteiger partial charge on any atom is 0.408 e. The van der Waals surface area contributed by atoms with Crippen LogP contribution in [0.1, 0.15) is 11.1 Å². The Labute approximate surface area is 166 Å². The highest BCUT2D eigenvalue weighted by molar-refractivity contribution is 14.1. The molecular formula is C19H20INO5. The average Bonchev–Trinajstić information content (AvgIpc) is 2.66. The summed E-state index contributed by atoms with van der Waals surface area (Å²) < 4.78 is 16.1. The van der Waals surface area contributed by atoms with Crippen LogP contribution in [0.25, 0.3) is 0 Å². The van der Waals surface area contributed by atoms with Crippen molar-refractivity contribution in [3.8, 4) is 5.75 Å². The zero-order valence-corrected chi connectivity index (χ0v) is 16.7. The standard InChI is InChI=1S/C19H20INO5/c1-24-17-9-8-14(10-15(17)20)11-16(18(22)25-2)21-19(23)26-12-13-6-4-3-5-7-13/h3-10,16H,11-12H2,1-2H3,(H,21,23). The van der Waals surface area contributed by atoms with Gasteiger partial charge in [-0.05, 0) is 45.9 Å². The quantitative estimate of drug-likeness (QED) is 0.498. The number of rotatable bonds is 7. The lowest BCUT2D eigenvalue weighted by atomic mass is 10.1. The molecule has 2 aromatic rings. The smallest absolute Gasteiger partial charge is 0.408 e. The van der Waals surface area contributed by atoms with Gasteiger partial charge in [0.25, 0.3) is 0 Å². The summed E-state index contributed by atoms with van der Waals surface area (Å²) in [5.41, 5.74) is 1.73. The maximum atomic E-state index is 12.0. The molecule has 1 N–H and O–H groups in total. The lowest BCUT2D eigenvalue weighted by Crippen LogP contribution is -2.43. The molecule has 2 rings (SSSR count). The molecule has 1 amide bonds. The van der Waals surface area contributed by atoms with E-state index in [0.717, 1.165) is 20.4 Å². The van der Waals surface area contributed by atoms with E-state index in [0.29, 0.717) is 0 Å². The second-order valence-corrected chi connectivity index (χ2v) is 6.62. The van der Waals surface area contributed by atoms with E-state index >= 15 is 0 Å². The Hall–Kier alpha value is -2.29. The van der Waals surface area contributed by atoms with Crippen LogP contribution >= 0.6 is 22.6 Å². The molecule has 0 aliphatic carbocycles. The van der Waals surface area contributed by atoms with Gasteiger partial charge in [-0.2, -0.15) is 0 Å². The van der Waals surface area contributed by atoms with Crippen molar-refractivity contribution in [2.45, 2.75) is 19.1 Å². The fourth-order valence-corrected chi connectivity index (χ4v) is 3.12. The van der Waals surface area contributed by atoms with Gasteiger partial charge >= 0.3 is 12.1 Å². The molecule has 0 saturated carbocycles. The number of halogens is 1. The molecule has 0 saturated heterocycles. The summed E-state index contributed by atoms with van der Waals surface area (Å²) >= 11 is 2.15. The second kappa shape index (κ2) is 10.0. The molecular weight excluding hydrogens is 449 g/mol. The van der Waals surface area contributed by atoms with Crippen molar-refractivity contribution in [1.82, 2.24) is 5.32 Å². The van der Waals surface area contributed by atoms with Crippen molar-refractivity contribution in [3.05, 3.63) is 63.2 Å². The van der Waals surface area contributed by atoms with Crippen molar-refractivity contribution >= 4 is 34.7 Å². The lowest BCUT2D eigenvalue weighted by Gasteiger charge is -2.17. The van der Waals surface area contributed by atoms with E-state index in [2.05, 4.69) is 27.9 Å². The Balaban J connectivity index is 1.99. The molecule has 0 aliphatic heterocycles. The number of benzene rings is 2. The first-order valence-corrected chi connectivity index (χ1v) is 8.98. The van der Waals surface area contributed by atoms with Gasteiger partial charge in [-0.25, -0.2) is 9.59 Å². The number of carbonyl (C=O) groups is 2. The van der Waals surface area contributed by atoms with Crippen LogP contribution in [0.2, 0.25) is 0 Å². The number of methoxy groups -OCH3 is 2. The lowest BCUT2D eigenvalue weighted by molar-refractivity contribution is -0.143. The van der Waals surface area contributed by atoms with E-state index < -0.39 is 18.1 Å². The van der Waals surface area contributed by atoms with Gasteiger partial charge in [-0.1, -0.05) is 36.4 Å². The zero-order valence-electron chi connectivity index (χ0n) is 14.5. The first-order valence-electron chi connectivity index (χ1n) is 7.91. The number of amides is 1. The highest BCUT2D eigenvalue weighted by atomic mass is 127. The van der Waals surface area contributed by atoms with Gasteiger partial charge in [0, 0.05) is 6.42 Å². The highest BCUT2D eigenvalue weighted by Gasteiger charge is 2.23. The minimum atomic E-state index is -0.840. The first-order chi connectivity index (χ1) is 12.5. The molecule has 0 bridgehead atoms. The number of nitrogens with one attached hydrogen (secondary N) is 1. The fourth-order valence-electron chi connectivity index (χ4n) is 2.32. The molecule has 1 atom stereocenters. The Morgan fingerprint density at radius 1 is 1.08 bits per heavy atom. The Bertz CT molecular complexity index is 751. The third-order valence-electron chi connectivity index (χ3n) is 3.65. The molecule has 138 valence electrons. The molecule has 7 heteroatoms. The van der Waals surface area contributed by atoms with Gasteiger partial charge in [0.2, 0.25) is 0 Å². The summed E-state index contributed by atoms with van der Waals surface area (Å²) in [6, 6.07) is 14.0. The van der Waals surface area contributed by atoms with E-state index in [1.165, 1.54) is 7.11 Å². The summed E-state index contributed by atoms with van der Waals surface area (Å²) in [6.07, 6.45) is -0.389. The van der Waals surface area contributed by atoms with E-state index in [-0.39, 0.29) is 13.0 Å². The van der Waals surface area contributed by atoms with E-state index in [1.54, 1.807) is 7.11 Å². The first kappa shape index (κ1) is 20.0. The number of alkyl carbamates (subject to hydrolysis) is 1. The fraction of sp³-hybridized carbons (Fsp3) is 0.263. The van der Waals surface area contributed by atoms with Crippen LogP contribution in [0.3, 0.4) is 0 Å². The van der Waals surface area contributed by atoms with Crippen LogP contribution in [0.5, 0.6) is 5.75 Å². The number of ether oxygens (including phenoxy) is 3. The molecule has 0 aliphatic rings. The van der Waals surface area contributed by atoms with Gasteiger partial charge in [0.05, 0.1) is 17.8 Å². The van der Waals surface area contributed by atoms with Gasteiger partial charge in [0.1, 0.15) is 18.4 Å². The average molecular weight is 469 g/mol. The molecule has 6 nitrogen and oxygen atoms in total. The van der Waals surface area contributed by atoms with Crippen molar-refractivity contribution in [2.24, 2.45) is 0 Å². The van der Waals surface area contributed by atoms with Crippen LogP contribution in [0.4, 0.5) is 4.79 Å². The second-order valence-electron chi connectivity index (χ2n) is 5.45. The summed E-state index contributed by atoms with van der Waals surface area (Å²) in [6.45, 7) is 0.126. The van der Waals surface area contributed by atoms with Crippen LogP contribution in [-0.4, -0.2) is 32.3 Å². The summed E-state index contributed by atoms with van der Waals surface area (Å²) in [5.74, 6) is 0.215. The maximum absolute atomic E-state index is 12.0. The van der Waals surface area contributed by atoms with Crippen LogP contribution in [-0.2, 0) is 27.3 Å². The zero-order chi connectivity index (χ0) is 18.9. The molecule has 0 heterocycles. The third-order valence-corrected chi connectivity index (χ3v) is 4.49. The Kier molecular flexibility index (Phi) is 7.71. The minimum absolute atomic E-state index is 0.126. The van der Waals surface area contributed by atoms with Crippen LogP contribution < -0.4 is 10.1 Å². The van der Waals surface area contributed by atoms with Crippen molar-refractivity contribution in [1.29, 1.82) is 0 Å². The summed E-state index contributed by atoms with van der Waals surface area (Å²) in [7, 11) is 2.88. The van der Waals surface area contributed by atoms with Crippen LogP contribution in [0.15, 0.2) is 48.5 Å². The Morgan fingerprint density at radius 2 is 1.81 bits per heavy atom. The predicted molar refractivity (Wildman–Crippen MR) is 105 cm³/mol. The van der Waals surface area contributed by atoms with Crippen LogP contribution in [0, 0.1) is 3.57 Å². The van der Waals surface area contributed by atoms with E-state index in [1.807, 2.05) is 48.5 Å². The highest BCUT2D eigenvalue weighted by Crippen LogP contribution is 2.22. The number of carbonyl (C=O) groups excluding carboxylic acids is 2. The van der Waals surface area contributed by atoms with Gasteiger partial charge in [-0.15, -0.1) is 0 Å². The van der Waals surface area contributed by atoms with Crippen molar-refractivity contribution in [3.63, 3.8) is 0 Å². The summed E-state index contributed by atoms with van der Waals surface area (Å²) in [5, 5.41) is 2.57. The number of hydrogen-bond donors (Lipinski definition) is 1. The largest absolute Gasteiger partial charge is 0.496 e. The molecule has 1 unspecified atom stereocenters. The SMILES string of the molecule is COC(=O)C(Cc1ccc(OC)c(I)c1)NC(=O)OCc1ccccc1. The monoisotopic (exact) mass is 469 g/mol. The molecule has 0 fully saturated rings. The number of hydrogen-bond acceptors (Lipinski definition) is 5. The van der Waals surface area contributed by atoms with Gasteiger partial charge in [0.15, 0.2) is 0 Å². The Morgan fingerprint density at radius 3 is 2.42 bits per heavy atom. The third kappa shape index (κ3) is 5.91. The number of esters is 1. The summed E-state index contributed by atoms with van der Waals surface area (Å²) in [4.78, 5) is 24.1. The molecule has 2 aromatic carbocycles. The van der Waals surface area contributed by atoms with E-state index in [9.17, 15) is 9.59 Å². The normalized spacial score (nSPS) is 11.3. The predicted octanol–water partition coefficient (Wildman–Crippen LogP) is 3.31. The van der Waals surface area contributed by atoms with Crippen molar-refractivity contribution < 1.29 is 23.8 Å². The molecule has 0 spiro atoms.